The van der Waals surface area contributed by atoms with Gasteiger partial charge in [-0.3, -0.25) is 4.79 Å². The molecule has 1 saturated heterocycles. The Morgan fingerprint density at radius 3 is 2.78 bits per heavy atom. The monoisotopic (exact) mass is 296 g/mol. The summed E-state index contributed by atoms with van der Waals surface area (Å²) in [4.78, 5) is 10.5. The van der Waals surface area contributed by atoms with Crippen LogP contribution in [0.1, 0.15) is 19.8 Å². The van der Waals surface area contributed by atoms with E-state index in [1.165, 1.54) is 11.4 Å². The van der Waals surface area contributed by atoms with Crippen LogP contribution in [0.15, 0.2) is 0 Å². The van der Waals surface area contributed by atoms with Crippen molar-refractivity contribution >= 4 is 27.9 Å². The molecule has 0 aromatic rings. The van der Waals surface area contributed by atoms with Crippen LogP contribution in [0.3, 0.4) is 0 Å². The van der Waals surface area contributed by atoms with Gasteiger partial charge in [-0.1, -0.05) is 6.92 Å². The Balaban J connectivity index is 2.64. The molecule has 1 unspecified atom stereocenters. The third-order valence-corrected chi connectivity index (χ3v) is 6.24. The standard InChI is InChI=1S/C10H20N2O4S2/c1-3-9-8-12(6-7-17-9)18(15,16)11(2)5-4-10(13)14/h9H,3-8H2,1-2H3,(H,13,14). The van der Waals surface area contributed by atoms with Gasteiger partial charge in [-0.25, -0.2) is 0 Å². The lowest BCUT2D eigenvalue weighted by molar-refractivity contribution is -0.137. The molecule has 0 aliphatic carbocycles. The number of carbonyl (C=O) groups is 1. The molecule has 1 heterocycles. The Kier molecular flexibility index (Phi) is 5.90. The molecule has 1 rings (SSSR count). The fourth-order valence-electron chi connectivity index (χ4n) is 1.71. The van der Waals surface area contributed by atoms with Gasteiger partial charge in [0.05, 0.1) is 6.42 Å². The largest absolute Gasteiger partial charge is 0.481 e. The van der Waals surface area contributed by atoms with Gasteiger partial charge in [0.1, 0.15) is 0 Å². The molecule has 1 N–H and O–H groups in total. The Bertz CT molecular complexity index is 385. The van der Waals surface area contributed by atoms with Crippen LogP contribution in [0.4, 0.5) is 0 Å². The quantitative estimate of drug-likeness (QED) is 0.770. The average molecular weight is 296 g/mol. The minimum atomic E-state index is -3.51. The van der Waals surface area contributed by atoms with E-state index in [0.717, 1.165) is 16.5 Å². The van der Waals surface area contributed by atoms with E-state index in [-0.39, 0.29) is 13.0 Å². The first-order valence-corrected chi connectivity index (χ1v) is 8.37. The summed E-state index contributed by atoms with van der Waals surface area (Å²) in [7, 11) is -2.08. The maximum Gasteiger partial charge on any atom is 0.304 e. The zero-order chi connectivity index (χ0) is 13.8. The molecule has 1 aliphatic rings. The first kappa shape index (κ1) is 15.7. The lowest BCUT2D eigenvalue weighted by Crippen LogP contribution is -2.48. The summed E-state index contributed by atoms with van der Waals surface area (Å²) in [5.41, 5.74) is 0. The van der Waals surface area contributed by atoms with Crippen molar-refractivity contribution in [2.24, 2.45) is 0 Å². The fourth-order valence-corrected chi connectivity index (χ4v) is 4.51. The lowest BCUT2D eigenvalue weighted by atomic mass is 10.3. The molecule has 0 spiro atoms. The number of nitrogens with zero attached hydrogens (tertiary/aromatic N) is 2. The summed E-state index contributed by atoms with van der Waals surface area (Å²) in [6.07, 6.45) is 0.769. The van der Waals surface area contributed by atoms with Crippen molar-refractivity contribution < 1.29 is 18.3 Å². The average Bonchev–Trinajstić information content (AvgIpc) is 2.35. The van der Waals surface area contributed by atoms with Gasteiger partial charge < -0.3 is 5.11 Å². The SMILES string of the molecule is CCC1CN(S(=O)(=O)N(C)CCC(=O)O)CCS1. The predicted molar refractivity (Wildman–Crippen MR) is 71.9 cm³/mol. The highest BCUT2D eigenvalue weighted by Crippen LogP contribution is 2.23. The van der Waals surface area contributed by atoms with E-state index in [0.29, 0.717) is 18.3 Å². The first-order chi connectivity index (χ1) is 8.37. The van der Waals surface area contributed by atoms with Crippen LogP contribution in [-0.2, 0) is 15.0 Å². The molecule has 0 aromatic carbocycles. The summed E-state index contributed by atoms with van der Waals surface area (Å²) < 4.78 is 27.0. The number of hydrogen-bond donors (Lipinski definition) is 1. The van der Waals surface area contributed by atoms with E-state index in [1.807, 2.05) is 6.92 Å². The number of aliphatic carboxylic acids is 1. The highest BCUT2D eigenvalue weighted by atomic mass is 32.2. The molecule has 0 amide bonds. The maximum absolute atomic E-state index is 12.2. The zero-order valence-corrected chi connectivity index (χ0v) is 12.3. The van der Waals surface area contributed by atoms with E-state index in [4.69, 9.17) is 5.11 Å². The second kappa shape index (κ2) is 6.74. The zero-order valence-electron chi connectivity index (χ0n) is 10.7. The second-order valence-corrected chi connectivity index (χ2v) is 7.68. The van der Waals surface area contributed by atoms with Crippen LogP contribution in [0.5, 0.6) is 0 Å². The van der Waals surface area contributed by atoms with Gasteiger partial charge in [0.15, 0.2) is 0 Å². The van der Waals surface area contributed by atoms with Gasteiger partial charge in [-0.15, -0.1) is 0 Å². The molecule has 0 radical (unpaired) electrons. The van der Waals surface area contributed by atoms with Crippen LogP contribution in [-0.4, -0.2) is 65.8 Å². The van der Waals surface area contributed by atoms with Crippen molar-refractivity contribution in [2.45, 2.75) is 25.0 Å². The molecular weight excluding hydrogens is 276 g/mol. The molecule has 0 bridgehead atoms. The van der Waals surface area contributed by atoms with Crippen molar-refractivity contribution in [2.75, 3.05) is 32.4 Å². The summed E-state index contributed by atoms with van der Waals surface area (Å²) >= 11 is 1.79. The summed E-state index contributed by atoms with van der Waals surface area (Å²) in [6, 6.07) is 0. The van der Waals surface area contributed by atoms with Crippen LogP contribution in [0.2, 0.25) is 0 Å². The van der Waals surface area contributed by atoms with Crippen molar-refractivity contribution in [3.05, 3.63) is 0 Å². The Labute approximate surface area is 113 Å². The van der Waals surface area contributed by atoms with Gasteiger partial charge >= 0.3 is 5.97 Å². The summed E-state index contributed by atoms with van der Waals surface area (Å²) in [5.74, 6) is -0.192. The highest BCUT2D eigenvalue weighted by molar-refractivity contribution is 8.00. The minimum Gasteiger partial charge on any atom is -0.481 e. The minimum absolute atomic E-state index is 0.0120. The molecular formula is C10H20N2O4S2. The van der Waals surface area contributed by atoms with Crippen molar-refractivity contribution in [1.29, 1.82) is 0 Å². The fraction of sp³-hybridized carbons (Fsp3) is 0.900. The van der Waals surface area contributed by atoms with E-state index < -0.39 is 16.2 Å². The molecule has 106 valence electrons. The van der Waals surface area contributed by atoms with Crippen LogP contribution in [0, 0.1) is 0 Å². The third-order valence-electron chi connectivity index (χ3n) is 2.92. The van der Waals surface area contributed by atoms with Crippen molar-refractivity contribution in [3.8, 4) is 0 Å². The Morgan fingerprint density at radius 2 is 2.22 bits per heavy atom. The molecule has 1 atom stereocenters. The predicted octanol–water partition coefficient (Wildman–Crippen LogP) is 0.465. The van der Waals surface area contributed by atoms with Crippen LogP contribution < -0.4 is 0 Å². The second-order valence-electron chi connectivity index (χ2n) is 4.23. The molecule has 6 nitrogen and oxygen atoms in total. The van der Waals surface area contributed by atoms with Crippen LogP contribution >= 0.6 is 11.8 Å². The molecule has 1 aliphatic heterocycles. The third kappa shape index (κ3) is 4.11. The van der Waals surface area contributed by atoms with Gasteiger partial charge in [0.25, 0.3) is 10.2 Å². The number of rotatable bonds is 6. The van der Waals surface area contributed by atoms with E-state index in [1.54, 1.807) is 11.8 Å². The summed E-state index contributed by atoms with van der Waals surface area (Å²) in [6.45, 7) is 3.07. The van der Waals surface area contributed by atoms with Crippen molar-refractivity contribution in [3.63, 3.8) is 0 Å². The Hall–Kier alpha value is -0.310. The number of carboxylic acids is 1. The first-order valence-electron chi connectivity index (χ1n) is 5.92. The molecule has 18 heavy (non-hydrogen) atoms. The number of carboxylic acid groups (broad SMARTS) is 1. The Morgan fingerprint density at radius 1 is 1.56 bits per heavy atom. The van der Waals surface area contributed by atoms with E-state index in [9.17, 15) is 13.2 Å². The van der Waals surface area contributed by atoms with Gasteiger partial charge in [-0.2, -0.15) is 28.8 Å². The molecule has 0 saturated carbocycles. The van der Waals surface area contributed by atoms with Gasteiger partial charge in [-0.05, 0) is 6.42 Å². The van der Waals surface area contributed by atoms with Crippen molar-refractivity contribution in [1.82, 2.24) is 8.61 Å². The molecule has 1 fully saturated rings. The van der Waals surface area contributed by atoms with E-state index >= 15 is 0 Å². The smallest absolute Gasteiger partial charge is 0.304 e. The summed E-state index contributed by atoms with van der Waals surface area (Å²) in [5, 5.41) is 8.91. The number of thioether (sulfide) groups is 1. The molecule has 0 aromatic heterocycles. The topological polar surface area (TPSA) is 77.9 Å². The lowest BCUT2D eigenvalue weighted by Gasteiger charge is -2.33. The van der Waals surface area contributed by atoms with E-state index in [2.05, 4.69) is 0 Å². The van der Waals surface area contributed by atoms with Crippen LogP contribution in [0.25, 0.3) is 0 Å². The highest BCUT2D eigenvalue weighted by Gasteiger charge is 2.31. The van der Waals surface area contributed by atoms with Gasteiger partial charge in [0, 0.05) is 37.7 Å². The van der Waals surface area contributed by atoms with Gasteiger partial charge in [0.2, 0.25) is 0 Å². The normalized spacial score (nSPS) is 22.3. The molecule has 8 heteroatoms. The number of hydrogen-bond acceptors (Lipinski definition) is 4. The maximum atomic E-state index is 12.2.